The quantitative estimate of drug-likeness (QED) is 0.543. The summed E-state index contributed by atoms with van der Waals surface area (Å²) in [6.45, 7) is 0.994. The predicted molar refractivity (Wildman–Crippen MR) is 117 cm³/mol. The van der Waals surface area contributed by atoms with E-state index in [1.54, 1.807) is 12.1 Å². The smallest absolute Gasteiger partial charge is 0.226 e. The molecule has 2 aromatic rings. The lowest BCUT2D eigenvalue weighted by Gasteiger charge is -2.32. The molecule has 2 aliphatic rings. The number of hydrogen-bond donors (Lipinski definition) is 0. The van der Waals surface area contributed by atoms with Gasteiger partial charge in [0.1, 0.15) is 0 Å². The van der Waals surface area contributed by atoms with Gasteiger partial charge in [0.2, 0.25) is 5.91 Å². The molecule has 0 saturated heterocycles. The standard InChI is InChI=1S/C22H21Cl3N2O2/c23-17-6-1-3-14(9-17)12-27(22(28)15-4-2-5-15)13-18-11-21(26-29-18)16-7-8-19(24)20(25)10-16/h1,3,6-10,15,18H,2,4-5,11-13H2/t18-/m0/s1. The molecule has 29 heavy (non-hydrogen) atoms. The maximum absolute atomic E-state index is 13.0. The molecule has 0 spiro atoms. The lowest BCUT2D eigenvalue weighted by Crippen LogP contribution is -2.42. The SMILES string of the molecule is O=C(C1CCC1)N(Cc1cccc(Cl)c1)C[C@@H]1CC(c2ccc(Cl)c(Cl)c2)=NO1. The van der Waals surface area contributed by atoms with E-state index in [1.807, 2.05) is 35.2 Å². The molecule has 1 saturated carbocycles. The van der Waals surface area contributed by atoms with Gasteiger partial charge < -0.3 is 9.74 Å². The van der Waals surface area contributed by atoms with Crippen molar-refractivity contribution in [3.63, 3.8) is 0 Å². The highest BCUT2D eigenvalue weighted by atomic mass is 35.5. The summed E-state index contributed by atoms with van der Waals surface area (Å²) in [5.41, 5.74) is 2.70. The van der Waals surface area contributed by atoms with Gasteiger partial charge >= 0.3 is 0 Å². The lowest BCUT2D eigenvalue weighted by molar-refractivity contribution is -0.140. The monoisotopic (exact) mass is 450 g/mol. The number of benzene rings is 2. The van der Waals surface area contributed by atoms with Crippen molar-refractivity contribution in [3.05, 3.63) is 68.7 Å². The third kappa shape index (κ3) is 4.88. The van der Waals surface area contributed by atoms with E-state index in [0.29, 0.717) is 34.6 Å². The van der Waals surface area contributed by atoms with E-state index in [1.165, 1.54) is 0 Å². The van der Waals surface area contributed by atoms with Crippen LogP contribution in [0.2, 0.25) is 15.1 Å². The van der Waals surface area contributed by atoms with E-state index in [4.69, 9.17) is 39.6 Å². The van der Waals surface area contributed by atoms with Crippen LogP contribution in [-0.2, 0) is 16.2 Å². The Balaban J connectivity index is 1.45. The molecule has 152 valence electrons. The van der Waals surface area contributed by atoms with Crippen molar-refractivity contribution in [1.29, 1.82) is 0 Å². The first-order valence-corrected chi connectivity index (χ1v) is 10.8. The van der Waals surface area contributed by atoms with Crippen LogP contribution < -0.4 is 0 Å². The molecule has 1 amide bonds. The number of halogens is 3. The van der Waals surface area contributed by atoms with Gasteiger partial charge in [0.25, 0.3) is 0 Å². The minimum Gasteiger partial charge on any atom is -0.390 e. The van der Waals surface area contributed by atoms with E-state index in [-0.39, 0.29) is 17.9 Å². The normalized spacial score (nSPS) is 18.7. The zero-order valence-electron chi connectivity index (χ0n) is 15.8. The molecule has 0 unspecified atom stereocenters. The highest BCUT2D eigenvalue weighted by Gasteiger charge is 2.33. The third-order valence-electron chi connectivity index (χ3n) is 5.44. The van der Waals surface area contributed by atoms with E-state index in [9.17, 15) is 4.79 Å². The summed E-state index contributed by atoms with van der Waals surface area (Å²) in [4.78, 5) is 20.5. The summed E-state index contributed by atoms with van der Waals surface area (Å²) in [6, 6.07) is 13.0. The van der Waals surface area contributed by atoms with Gasteiger partial charge in [-0.1, -0.05) is 64.6 Å². The number of carbonyl (C=O) groups is 1. The number of nitrogens with zero attached hydrogens (tertiary/aromatic N) is 2. The van der Waals surface area contributed by atoms with Gasteiger partial charge in [-0.3, -0.25) is 4.79 Å². The van der Waals surface area contributed by atoms with Crippen molar-refractivity contribution >= 4 is 46.4 Å². The van der Waals surface area contributed by atoms with E-state index >= 15 is 0 Å². The number of carbonyl (C=O) groups excluding carboxylic acids is 1. The molecule has 1 atom stereocenters. The second-order valence-electron chi connectivity index (χ2n) is 7.57. The topological polar surface area (TPSA) is 41.9 Å². The molecule has 1 fully saturated rings. The molecule has 0 aromatic heterocycles. The summed E-state index contributed by atoms with van der Waals surface area (Å²) in [5, 5.41) is 5.88. The van der Waals surface area contributed by atoms with Crippen molar-refractivity contribution < 1.29 is 9.63 Å². The van der Waals surface area contributed by atoms with Crippen molar-refractivity contribution in [2.75, 3.05) is 6.54 Å². The first-order valence-electron chi connectivity index (χ1n) is 9.71. The van der Waals surface area contributed by atoms with Gasteiger partial charge in [-0.25, -0.2) is 0 Å². The largest absolute Gasteiger partial charge is 0.390 e. The first kappa shape index (κ1) is 20.5. The van der Waals surface area contributed by atoms with Crippen molar-refractivity contribution in [3.8, 4) is 0 Å². The average molecular weight is 452 g/mol. The highest BCUT2D eigenvalue weighted by Crippen LogP contribution is 2.30. The molecule has 4 rings (SSSR count). The summed E-state index contributed by atoms with van der Waals surface area (Å²) in [7, 11) is 0. The van der Waals surface area contributed by atoms with Crippen LogP contribution in [0.1, 0.15) is 36.8 Å². The van der Waals surface area contributed by atoms with Crippen LogP contribution >= 0.6 is 34.8 Å². The maximum atomic E-state index is 13.0. The fourth-order valence-electron chi connectivity index (χ4n) is 3.62. The fourth-order valence-corrected chi connectivity index (χ4v) is 4.13. The van der Waals surface area contributed by atoms with Crippen LogP contribution in [-0.4, -0.2) is 29.2 Å². The second-order valence-corrected chi connectivity index (χ2v) is 8.83. The van der Waals surface area contributed by atoms with E-state index in [2.05, 4.69) is 5.16 Å². The lowest BCUT2D eigenvalue weighted by atomic mass is 9.84. The van der Waals surface area contributed by atoms with Crippen molar-refractivity contribution in [2.24, 2.45) is 11.1 Å². The number of oxime groups is 1. The van der Waals surface area contributed by atoms with Gasteiger partial charge in [0.05, 0.1) is 22.3 Å². The summed E-state index contributed by atoms with van der Waals surface area (Å²) < 4.78 is 0. The van der Waals surface area contributed by atoms with Crippen molar-refractivity contribution in [1.82, 2.24) is 4.90 Å². The average Bonchev–Trinajstić information content (AvgIpc) is 3.10. The van der Waals surface area contributed by atoms with Crippen LogP contribution in [0.3, 0.4) is 0 Å². The highest BCUT2D eigenvalue weighted by molar-refractivity contribution is 6.42. The predicted octanol–water partition coefficient (Wildman–Crippen LogP) is 5.97. The zero-order valence-corrected chi connectivity index (χ0v) is 18.1. The molecule has 4 nitrogen and oxygen atoms in total. The van der Waals surface area contributed by atoms with Crippen molar-refractivity contribution in [2.45, 2.75) is 38.3 Å². The Bertz CT molecular complexity index is 943. The minimum absolute atomic E-state index is 0.117. The number of hydrogen-bond acceptors (Lipinski definition) is 3. The summed E-state index contributed by atoms with van der Waals surface area (Å²) in [5.74, 6) is 0.300. The second kappa shape index (κ2) is 8.95. The molecule has 2 aromatic carbocycles. The molecular weight excluding hydrogens is 431 g/mol. The Labute approximate surface area is 185 Å². The molecule has 1 heterocycles. The van der Waals surface area contributed by atoms with Crippen LogP contribution in [0.5, 0.6) is 0 Å². The number of amides is 1. The van der Waals surface area contributed by atoms with Gasteiger partial charge in [-0.15, -0.1) is 0 Å². The Morgan fingerprint density at radius 1 is 1.10 bits per heavy atom. The Morgan fingerprint density at radius 3 is 2.62 bits per heavy atom. The molecule has 0 bridgehead atoms. The molecular formula is C22H21Cl3N2O2. The minimum atomic E-state index is -0.192. The van der Waals surface area contributed by atoms with Crippen LogP contribution in [0.15, 0.2) is 47.6 Å². The number of rotatable bonds is 6. The Hall–Kier alpha value is -1.75. The zero-order chi connectivity index (χ0) is 20.4. The van der Waals surface area contributed by atoms with Gasteiger partial charge in [-0.05, 0) is 42.7 Å². The molecule has 0 N–H and O–H groups in total. The molecule has 7 heteroatoms. The van der Waals surface area contributed by atoms with E-state index < -0.39 is 0 Å². The molecule has 1 aliphatic heterocycles. The maximum Gasteiger partial charge on any atom is 0.226 e. The van der Waals surface area contributed by atoms with Crippen LogP contribution in [0.4, 0.5) is 0 Å². The molecule has 0 radical (unpaired) electrons. The third-order valence-corrected chi connectivity index (χ3v) is 6.41. The Morgan fingerprint density at radius 2 is 1.93 bits per heavy atom. The van der Waals surface area contributed by atoms with Crippen LogP contribution in [0, 0.1) is 5.92 Å². The van der Waals surface area contributed by atoms with Crippen LogP contribution in [0.25, 0.3) is 0 Å². The first-order chi connectivity index (χ1) is 14.0. The van der Waals surface area contributed by atoms with Gasteiger partial charge in [-0.2, -0.15) is 0 Å². The fraction of sp³-hybridized carbons (Fsp3) is 0.364. The van der Waals surface area contributed by atoms with Gasteiger partial charge in [0.15, 0.2) is 6.10 Å². The summed E-state index contributed by atoms with van der Waals surface area (Å²) in [6.07, 6.45) is 3.46. The Kier molecular flexibility index (Phi) is 6.33. The van der Waals surface area contributed by atoms with E-state index in [0.717, 1.165) is 36.1 Å². The van der Waals surface area contributed by atoms with Gasteiger partial charge in [0, 0.05) is 29.5 Å². The molecule has 1 aliphatic carbocycles. The summed E-state index contributed by atoms with van der Waals surface area (Å²) >= 11 is 18.2.